The molecule has 3 heteroatoms. The van der Waals surface area contributed by atoms with Crippen LogP contribution in [-0.2, 0) is 9.59 Å². The normalized spacial score (nSPS) is 10.8. The van der Waals surface area contributed by atoms with E-state index in [1.165, 1.54) is 0 Å². The number of ketones is 1. The molecule has 0 aromatic heterocycles. The molecule has 0 spiro atoms. The topological polar surface area (TPSA) is 46.2 Å². The molecule has 0 aliphatic rings. The van der Waals surface area contributed by atoms with Gasteiger partial charge in [-0.25, -0.2) is 0 Å². The van der Waals surface area contributed by atoms with Crippen molar-refractivity contribution in [3.8, 4) is 0 Å². The zero-order valence-electron chi connectivity index (χ0n) is 10.3. The van der Waals surface area contributed by atoms with Crippen LogP contribution >= 0.6 is 0 Å². The van der Waals surface area contributed by atoms with E-state index in [1.54, 1.807) is 0 Å². The van der Waals surface area contributed by atoms with E-state index in [2.05, 4.69) is 5.32 Å². The van der Waals surface area contributed by atoms with Gasteiger partial charge in [0.15, 0.2) is 0 Å². The molecule has 0 bridgehead atoms. The molecule has 0 aromatic carbocycles. The zero-order valence-corrected chi connectivity index (χ0v) is 10.3. The Morgan fingerprint density at radius 2 is 1.60 bits per heavy atom. The van der Waals surface area contributed by atoms with E-state index < -0.39 is 0 Å². The highest BCUT2D eigenvalue weighted by molar-refractivity contribution is 5.80. The highest BCUT2D eigenvalue weighted by Gasteiger charge is 2.07. The van der Waals surface area contributed by atoms with Gasteiger partial charge >= 0.3 is 0 Å². The van der Waals surface area contributed by atoms with Gasteiger partial charge in [0.2, 0.25) is 5.91 Å². The molecule has 15 heavy (non-hydrogen) atoms. The number of unbranched alkanes of at least 4 members (excludes halogenated alkanes) is 1. The van der Waals surface area contributed by atoms with Crippen LogP contribution in [0.5, 0.6) is 0 Å². The zero-order chi connectivity index (χ0) is 11.8. The summed E-state index contributed by atoms with van der Waals surface area (Å²) in [5.74, 6) is 0.577. The van der Waals surface area contributed by atoms with Crippen molar-refractivity contribution in [3.63, 3.8) is 0 Å². The van der Waals surface area contributed by atoms with Gasteiger partial charge in [0.25, 0.3) is 0 Å². The molecule has 0 saturated carbocycles. The molecule has 3 nitrogen and oxygen atoms in total. The lowest BCUT2D eigenvalue weighted by Crippen LogP contribution is -2.28. The molecule has 1 amide bonds. The molecule has 0 rings (SSSR count). The van der Waals surface area contributed by atoms with Gasteiger partial charge in [-0.05, 0) is 12.8 Å². The van der Waals surface area contributed by atoms with Gasteiger partial charge in [0, 0.05) is 24.8 Å². The lowest BCUT2D eigenvalue weighted by Gasteiger charge is -2.07. The molecule has 0 saturated heterocycles. The molecule has 0 aromatic rings. The molecular formula is C12H23NO2. The first-order chi connectivity index (χ1) is 6.95. The summed E-state index contributed by atoms with van der Waals surface area (Å²) in [6, 6.07) is 0. The van der Waals surface area contributed by atoms with Crippen molar-refractivity contribution < 1.29 is 9.59 Å². The van der Waals surface area contributed by atoms with Crippen LogP contribution in [-0.4, -0.2) is 18.2 Å². The Morgan fingerprint density at radius 1 is 1.00 bits per heavy atom. The maximum atomic E-state index is 11.3. The van der Waals surface area contributed by atoms with Crippen LogP contribution in [0.4, 0.5) is 0 Å². The first-order valence-corrected chi connectivity index (χ1v) is 5.75. The van der Waals surface area contributed by atoms with Crippen molar-refractivity contribution in [1.29, 1.82) is 0 Å². The number of rotatable bonds is 7. The summed E-state index contributed by atoms with van der Waals surface area (Å²) in [6.45, 7) is 8.27. The number of hydrogen-bond acceptors (Lipinski definition) is 2. The first kappa shape index (κ1) is 14.1. The number of carbonyl (C=O) groups excluding carboxylic acids is 2. The standard InChI is InChI=1S/C12H23NO2/c1-9(2)11(14)7-5-6-8-13-12(15)10(3)4/h9-10H,5-8H2,1-4H3,(H,13,15). The minimum absolute atomic E-state index is 0.0438. The van der Waals surface area contributed by atoms with E-state index in [0.717, 1.165) is 12.8 Å². The lowest BCUT2D eigenvalue weighted by atomic mass is 10.0. The number of nitrogens with one attached hydrogen (secondary N) is 1. The van der Waals surface area contributed by atoms with Gasteiger partial charge in [-0.1, -0.05) is 27.7 Å². The van der Waals surface area contributed by atoms with Crippen molar-refractivity contribution in [2.45, 2.75) is 47.0 Å². The average Bonchev–Trinajstić information content (AvgIpc) is 2.16. The molecule has 0 aliphatic carbocycles. The Morgan fingerprint density at radius 3 is 2.07 bits per heavy atom. The second-order valence-corrected chi connectivity index (χ2v) is 4.52. The van der Waals surface area contributed by atoms with Crippen LogP contribution in [0.15, 0.2) is 0 Å². The van der Waals surface area contributed by atoms with Gasteiger partial charge in [0.1, 0.15) is 5.78 Å². The summed E-state index contributed by atoms with van der Waals surface area (Å²) in [5, 5.41) is 2.83. The van der Waals surface area contributed by atoms with Crippen LogP contribution in [0.2, 0.25) is 0 Å². The van der Waals surface area contributed by atoms with Crippen LogP contribution < -0.4 is 5.32 Å². The van der Waals surface area contributed by atoms with Crippen molar-refractivity contribution in [3.05, 3.63) is 0 Å². The maximum Gasteiger partial charge on any atom is 0.222 e. The Kier molecular flexibility index (Phi) is 7.01. The summed E-state index contributed by atoms with van der Waals surface area (Å²) in [7, 11) is 0. The highest BCUT2D eigenvalue weighted by Crippen LogP contribution is 2.03. The molecule has 88 valence electrons. The molecule has 0 atom stereocenters. The monoisotopic (exact) mass is 213 g/mol. The van der Waals surface area contributed by atoms with Gasteiger partial charge in [-0.3, -0.25) is 9.59 Å². The van der Waals surface area contributed by atoms with Crippen molar-refractivity contribution in [2.24, 2.45) is 11.8 Å². The number of amides is 1. The molecule has 0 fully saturated rings. The Balaban J connectivity index is 3.40. The fourth-order valence-corrected chi connectivity index (χ4v) is 1.13. The van der Waals surface area contributed by atoms with Crippen LogP contribution in [0.25, 0.3) is 0 Å². The number of hydrogen-bond donors (Lipinski definition) is 1. The fourth-order valence-electron chi connectivity index (χ4n) is 1.13. The van der Waals surface area contributed by atoms with Crippen molar-refractivity contribution in [1.82, 2.24) is 5.32 Å². The van der Waals surface area contributed by atoms with Crippen molar-refractivity contribution in [2.75, 3.05) is 6.54 Å². The van der Waals surface area contributed by atoms with Gasteiger partial charge in [-0.15, -0.1) is 0 Å². The second-order valence-electron chi connectivity index (χ2n) is 4.52. The third-order valence-electron chi connectivity index (χ3n) is 2.32. The van der Waals surface area contributed by atoms with Gasteiger partial charge < -0.3 is 5.32 Å². The van der Waals surface area contributed by atoms with Crippen LogP contribution in [0, 0.1) is 11.8 Å². The van der Waals surface area contributed by atoms with Crippen molar-refractivity contribution >= 4 is 11.7 Å². The minimum Gasteiger partial charge on any atom is -0.356 e. The first-order valence-electron chi connectivity index (χ1n) is 5.75. The van der Waals surface area contributed by atoms with Gasteiger partial charge in [0.05, 0.1) is 0 Å². The largest absolute Gasteiger partial charge is 0.356 e. The Hall–Kier alpha value is -0.860. The SMILES string of the molecule is CC(C)C(=O)CCCCNC(=O)C(C)C. The quantitative estimate of drug-likeness (QED) is 0.659. The smallest absolute Gasteiger partial charge is 0.222 e. The Bertz CT molecular complexity index is 188. The Labute approximate surface area is 92.6 Å². The van der Waals surface area contributed by atoms with E-state index in [4.69, 9.17) is 0 Å². The number of Topliss-reactive ketones (excluding diaryl/α,β-unsaturated/α-hetero) is 1. The summed E-state index contributed by atoms with van der Waals surface area (Å²) in [5.41, 5.74) is 0. The lowest BCUT2D eigenvalue weighted by molar-refractivity contribution is -0.124. The summed E-state index contributed by atoms with van der Waals surface area (Å²) >= 11 is 0. The third kappa shape index (κ3) is 7.11. The number of carbonyl (C=O) groups is 2. The van der Waals surface area contributed by atoms with Gasteiger partial charge in [-0.2, -0.15) is 0 Å². The molecular weight excluding hydrogens is 190 g/mol. The van der Waals surface area contributed by atoms with Crippen LogP contribution in [0.1, 0.15) is 47.0 Å². The van der Waals surface area contributed by atoms with E-state index in [1.807, 2.05) is 27.7 Å². The summed E-state index contributed by atoms with van der Waals surface area (Å²) in [4.78, 5) is 22.4. The molecule has 0 aliphatic heterocycles. The fraction of sp³-hybridized carbons (Fsp3) is 0.833. The summed E-state index contributed by atoms with van der Waals surface area (Å²) in [6.07, 6.45) is 2.39. The molecule has 0 unspecified atom stereocenters. The minimum atomic E-state index is 0.0438. The third-order valence-corrected chi connectivity index (χ3v) is 2.32. The maximum absolute atomic E-state index is 11.3. The van der Waals surface area contributed by atoms with Crippen LogP contribution in [0.3, 0.4) is 0 Å². The predicted octanol–water partition coefficient (Wildman–Crippen LogP) is 2.15. The van der Waals surface area contributed by atoms with E-state index >= 15 is 0 Å². The average molecular weight is 213 g/mol. The second kappa shape index (κ2) is 7.43. The highest BCUT2D eigenvalue weighted by atomic mass is 16.1. The van der Waals surface area contributed by atoms with E-state index in [9.17, 15) is 9.59 Å². The van der Waals surface area contributed by atoms with E-state index in [0.29, 0.717) is 18.7 Å². The van der Waals surface area contributed by atoms with E-state index in [-0.39, 0.29) is 17.7 Å². The molecule has 0 heterocycles. The molecule has 0 radical (unpaired) electrons. The summed E-state index contributed by atoms with van der Waals surface area (Å²) < 4.78 is 0. The predicted molar refractivity (Wildman–Crippen MR) is 61.5 cm³/mol. The molecule has 1 N–H and O–H groups in total.